The van der Waals surface area contributed by atoms with E-state index >= 15 is 0 Å². The number of phenols is 1. The number of aromatic nitrogens is 1. The fraction of sp³-hybridized carbons (Fsp3) is 0.250. The molecule has 2 aromatic carbocycles. The van der Waals surface area contributed by atoms with Crippen LogP contribution in [0.1, 0.15) is 42.9 Å². The number of nitrogen functional groups attached to an aromatic ring is 1. The van der Waals surface area contributed by atoms with E-state index in [1.54, 1.807) is 18.2 Å². The number of anilines is 2. The molecule has 10 nitrogen and oxygen atoms in total. The van der Waals surface area contributed by atoms with Gasteiger partial charge >= 0.3 is 0 Å². The second-order valence-electron chi connectivity index (χ2n) is 7.88. The molecule has 0 aliphatic carbocycles. The lowest BCUT2D eigenvalue weighted by molar-refractivity contribution is -0.122. The van der Waals surface area contributed by atoms with Gasteiger partial charge in [0.15, 0.2) is 5.69 Å². The zero-order valence-corrected chi connectivity index (χ0v) is 20.4. The van der Waals surface area contributed by atoms with E-state index in [4.69, 9.17) is 16.2 Å². The Morgan fingerprint density at radius 2 is 1.86 bits per heavy atom. The molecule has 6 N–H and O–H groups in total. The molecular formula is C24H27N5O5S. The first kappa shape index (κ1) is 25.7. The summed E-state index contributed by atoms with van der Waals surface area (Å²) in [6, 6.07) is 10.4. The smallest absolute Gasteiger partial charge is 0.273 e. The molecule has 1 heterocycles. The van der Waals surface area contributed by atoms with Gasteiger partial charge in [-0.3, -0.25) is 19.3 Å². The van der Waals surface area contributed by atoms with E-state index < -0.39 is 23.8 Å². The number of methoxy groups -OCH3 is 1. The molecule has 1 aromatic heterocycles. The molecule has 0 aliphatic rings. The summed E-state index contributed by atoms with van der Waals surface area (Å²) in [5.41, 5.74) is 13.6. The van der Waals surface area contributed by atoms with E-state index in [9.17, 15) is 19.5 Å². The molecule has 0 saturated heterocycles. The van der Waals surface area contributed by atoms with Crippen LogP contribution in [0, 0.1) is 13.8 Å². The van der Waals surface area contributed by atoms with Gasteiger partial charge < -0.3 is 26.6 Å². The van der Waals surface area contributed by atoms with Gasteiger partial charge in [0.05, 0.1) is 12.3 Å². The largest absolute Gasteiger partial charge is 0.508 e. The fourth-order valence-corrected chi connectivity index (χ4v) is 4.27. The monoisotopic (exact) mass is 497 g/mol. The molecule has 1 unspecified atom stereocenters. The molecule has 0 spiro atoms. The SMILES string of the molecule is COCCNC(=O)C(c1ccc(O)cc1)N(C(=O)c1snc(C(N)=O)c1N)c1cc(C)ccc1C. The lowest BCUT2D eigenvalue weighted by atomic mass is 10.0. The molecule has 3 rings (SSSR count). The molecule has 184 valence electrons. The van der Waals surface area contributed by atoms with E-state index in [0.29, 0.717) is 11.3 Å². The number of nitrogens with zero attached hydrogens (tertiary/aromatic N) is 2. The van der Waals surface area contributed by atoms with Crippen molar-refractivity contribution in [1.29, 1.82) is 0 Å². The van der Waals surface area contributed by atoms with Crippen LogP contribution in [0.25, 0.3) is 0 Å². The molecule has 11 heteroatoms. The Hall–Kier alpha value is -3.96. The molecule has 35 heavy (non-hydrogen) atoms. The Kier molecular flexibility index (Phi) is 8.05. The van der Waals surface area contributed by atoms with Crippen LogP contribution in [0.3, 0.4) is 0 Å². The summed E-state index contributed by atoms with van der Waals surface area (Å²) in [6.07, 6.45) is 0. The summed E-state index contributed by atoms with van der Waals surface area (Å²) in [7, 11) is 1.51. The predicted molar refractivity (Wildman–Crippen MR) is 134 cm³/mol. The summed E-state index contributed by atoms with van der Waals surface area (Å²) in [4.78, 5) is 40.5. The van der Waals surface area contributed by atoms with Gasteiger partial charge in [-0.05, 0) is 60.3 Å². The highest BCUT2D eigenvalue weighted by atomic mass is 32.1. The highest BCUT2D eigenvalue weighted by Crippen LogP contribution is 2.35. The standard InChI is InChI=1S/C24H27N5O5S/c1-13-4-5-14(2)17(12-13)29(24(33)21-18(25)19(22(26)31)28-35-21)20(23(32)27-10-11-34-3)15-6-8-16(30)9-7-15/h4-9,12,20,30H,10-11,25H2,1-3H3,(H2,26,31)(H,27,32). The van der Waals surface area contributed by atoms with E-state index in [1.165, 1.54) is 24.1 Å². The van der Waals surface area contributed by atoms with Gasteiger partial charge in [0.25, 0.3) is 11.8 Å². The number of benzene rings is 2. The molecule has 0 aliphatic heterocycles. The number of ether oxygens (including phenoxy) is 1. The van der Waals surface area contributed by atoms with Gasteiger partial charge in [-0.25, -0.2) is 0 Å². The second-order valence-corrected chi connectivity index (χ2v) is 8.65. The average molecular weight is 498 g/mol. The number of nitrogens with one attached hydrogen (secondary N) is 1. The summed E-state index contributed by atoms with van der Waals surface area (Å²) < 4.78 is 8.98. The number of aryl methyl sites for hydroxylation is 2. The third-order valence-electron chi connectivity index (χ3n) is 5.32. The van der Waals surface area contributed by atoms with Crippen molar-refractivity contribution in [1.82, 2.24) is 9.69 Å². The number of primary amides is 1. The molecule has 0 radical (unpaired) electrons. The van der Waals surface area contributed by atoms with Gasteiger partial charge in [0.2, 0.25) is 5.91 Å². The summed E-state index contributed by atoms with van der Waals surface area (Å²) in [5.74, 6) is -1.94. The number of phenolic OH excluding ortho intramolecular Hbond substituents is 1. The number of carbonyl (C=O) groups excluding carboxylic acids is 3. The van der Waals surface area contributed by atoms with Crippen LogP contribution in [-0.2, 0) is 9.53 Å². The van der Waals surface area contributed by atoms with E-state index in [-0.39, 0.29) is 35.2 Å². The van der Waals surface area contributed by atoms with Crippen LogP contribution < -0.4 is 21.7 Å². The van der Waals surface area contributed by atoms with Gasteiger partial charge in [-0.2, -0.15) is 4.37 Å². The van der Waals surface area contributed by atoms with Crippen LogP contribution in [-0.4, -0.2) is 47.5 Å². The maximum atomic E-state index is 14.0. The molecule has 3 amide bonds. The molecule has 0 saturated carbocycles. The van der Waals surface area contributed by atoms with Gasteiger partial charge in [-0.1, -0.05) is 24.3 Å². The highest BCUT2D eigenvalue weighted by Gasteiger charge is 2.36. The Labute approximate surface area is 206 Å². The van der Waals surface area contributed by atoms with Gasteiger partial charge in [0.1, 0.15) is 16.7 Å². The molecule has 0 bridgehead atoms. The quantitative estimate of drug-likeness (QED) is 0.330. The van der Waals surface area contributed by atoms with Crippen LogP contribution >= 0.6 is 11.5 Å². The Balaban J connectivity index is 2.23. The van der Waals surface area contributed by atoms with Crippen molar-refractivity contribution in [2.24, 2.45) is 5.73 Å². The van der Waals surface area contributed by atoms with Crippen molar-refractivity contribution in [3.8, 4) is 5.75 Å². The zero-order valence-electron chi connectivity index (χ0n) is 19.6. The van der Waals surface area contributed by atoms with Crippen LogP contribution in [0.2, 0.25) is 0 Å². The number of rotatable bonds is 9. The zero-order chi connectivity index (χ0) is 25.7. The van der Waals surface area contributed by atoms with E-state index in [1.807, 2.05) is 26.0 Å². The predicted octanol–water partition coefficient (Wildman–Crippen LogP) is 2.30. The first-order valence-corrected chi connectivity index (χ1v) is 11.4. The van der Waals surface area contributed by atoms with Gasteiger partial charge in [0, 0.05) is 19.3 Å². The maximum absolute atomic E-state index is 14.0. The lowest BCUT2D eigenvalue weighted by Gasteiger charge is -2.32. The molecule has 1 atom stereocenters. The summed E-state index contributed by atoms with van der Waals surface area (Å²) in [5, 5.41) is 12.6. The van der Waals surface area contributed by atoms with Gasteiger partial charge in [-0.15, -0.1) is 0 Å². The first-order chi connectivity index (χ1) is 16.6. The third kappa shape index (κ3) is 5.58. The minimum atomic E-state index is -1.14. The van der Waals surface area contributed by atoms with Crippen LogP contribution in [0.15, 0.2) is 42.5 Å². The summed E-state index contributed by atoms with van der Waals surface area (Å²) >= 11 is 0.735. The third-order valence-corrected chi connectivity index (χ3v) is 6.17. The Bertz CT molecular complexity index is 1240. The van der Waals surface area contributed by atoms with Crippen molar-refractivity contribution < 1.29 is 24.2 Å². The maximum Gasteiger partial charge on any atom is 0.273 e. The average Bonchev–Trinajstić information content (AvgIpc) is 3.21. The van der Waals surface area contributed by atoms with E-state index in [2.05, 4.69) is 9.69 Å². The first-order valence-electron chi connectivity index (χ1n) is 10.7. The van der Waals surface area contributed by atoms with E-state index in [0.717, 1.165) is 22.7 Å². The second kappa shape index (κ2) is 11.0. The van der Waals surface area contributed by atoms with Crippen molar-refractivity contribution in [3.05, 3.63) is 69.7 Å². The van der Waals surface area contributed by atoms with Crippen molar-refractivity contribution in [3.63, 3.8) is 0 Å². The summed E-state index contributed by atoms with van der Waals surface area (Å²) in [6.45, 7) is 4.17. The van der Waals surface area contributed by atoms with Crippen molar-refractivity contribution in [2.75, 3.05) is 30.9 Å². The number of aromatic hydroxyl groups is 1. The van der Waals surface area contributed by atoms with Crippen molar-refractivity contribution in [2.45, 2.75) is 19.9 Å². The molecular weight excluding hydrogens is 470 g/mol. The minimum Gasteiger partial charge on any atom is -0.508 e. The molecule has 3 aromatic rings. The lowest BCUT2D eigenvalue weighted by Crippen LogP contribution is -2.45. The van der Waals surface area contributed by atoms with Crippen molar-refractivity contribution >= 4 is 40.6 Å². The number of hydrogen-bond acceptors (Lipinski definition) is 8. The number of carbonyl (C=O) groups is 3. The Morgan fingerprint density at radius 1 is 1.17 bits per heavy atom. The molecule has 0 fully saturated rings. The van der Waals surface area contributed by atoms with Crippen LogP contribution in [0.5, 0.6) is 5.75 Å². The highest BCUT2D eigenvalue weighted by molar-refractivity contribution is 7.09. The topological polar surface area (TPSA) is 161 Å². The Morgan fingerprint density at radius 3 is 2.46 bits per heavy atom. The minimum absolute atomic E-state index is 0.00899. The number of amides is 3. The number of hydrogen-bond donors (Lipinski definition) is 4. The van der Waals surface area contributed by atoms with Crippen LogP contribution in [0.4, 0.5) is 11.4 Å². The fourth-order valence-electron chi connectivity index (χ4n) is 3.53. The number of nitrogens with two attached hydrogens (primary N) is 2. The normalized spacial score (nSPS) is 11.6.